The molecule has 1 fully saturated rings. The lowest BCUT2D eigenvalue weighted by Crippen LogP contribution is -2.51. The summed E-state index contributed by atoms with van der Waals surface area (Å²) in [5, 5.41) is 12.0. The molecule has 0 bridgehead atoms. The molecule has 5 rings (SSSR count). The zero-order valence-electron chi connectivity index (χ0n) is 19.3. The van der Waals surface area contributed by atoms with E-state index in [0.29, 0.717) is 19.6 Å². The molecule has 2 amide bonds. The number of carboxylic acid groups (broad SMARTS) is 1. The number of carboxylic acids is 1. The monoisotopic (exact) mass is 476 g/mol. The first-order valence-corrected chi connectivity index (χ1v) is 11.9. The second-order valence-corrected chi connectivity index (χ2v) is 9.16. The molecule has 182 valence electrons. The molecule has 0 radical (unpaired) electrons. The van der Waals surface area contributed by atoms with E-state index >= 15 is 0 Å². The number of amides is 2. The molecule has 8 nitrogen and oxygen atoms in total. The highest BCUT2D eigenvalue weighted by molar-refractivity contribution is 5.83. The number of carbonyl (C=O) groups is 3. The number of rotatable bonds is 6. The van der Waals surface area contributed by atoms with Gasteiger partial charge < -0.3 is 24.8 Å². The van der Waals surface area contributed by atoms with Crippen LogP contribution in [0.4, 0.5) is 4.79 Å². The summed E-state index contributed by atoms with van der Waals surface area (Å²) < 4.78 is 11.0. The van der Waals surface area contributed by atoms with Gasteiger partial charge in [0.25, 0.3) is 0 Å². The molecule has 0 spiro atoms. The van der Waals surface area contributed by atoms with Crippen LogP contribution in [0.5, 0.6) is 0 Å². The summed E-state index contributed by atoms with van der Waals surface area (Å²) in [4.78, 5) is 38.4. The van der Waals surface area contributed by atoms with Gasteiger partial charge in [0, 0.05) is 12.5 Å². The maximum Gasteiger partial charge on any atom is 0.407 e. The molecule has 0 aromatic heterocycles. The number of aliphatic carboxylic acids is 1. The fraction of sp³-hybridized carbons (Fsp3) is 0.370. The van der Waals surface area contributed by atoms with Crippen LogP contribution in [0, 0.1) is 5.92 Å². The van der Waals surface area contributed by atoms with Gasteiger partial charge in [-0.3, -0.25) is 9.59 Å². The van der Waals surface area contributed by atoms with Gasteiger partial charge in [-0.2, -0.15) is 0 Å². The van der Waals surface area contributed by atoms with Crippen LogP contribution in [-0.4, -0.2) is 66.4 Å². The van der Waals surface area contributed by atoms with Gasteiger partial charge in [-0.25, -0.2) is 4.79 Å². The third-order valence-corrected chi connectivity index (χ3v) is 6.97. The molecule has 3 atom stereocenters. The lowest BCUT2D eigenvalue weighted by Gasteiger charge is -2.36. The van der Waals surface area contributed by atoms with Crippen LogP contribution in [0.15, 0.2) is 60.7 Å². The average molecular weight is 477 g/mol. The Morgan fingerprint density at radius 1 is 1.03 bits per heavy atom. The Balaban J connectivity index is 1.15. The molecule has 1 saturated heterocycles. The molecule has 1 aliphatic heterocycles. The van der Waals surface area contributed by atoms with Crippen LogP contribution < -0.4 is 5.32 Å². The molecule has 8 heteroatoms. The number of benzene rings is 2. The Bertz CT molecular complexity index is 1120. The van der Waals surface area contributed by atoms with Crippen LogP contribution >= 0.6 is 0 Å². The van der Waals surface area contributed by atoms with Gasteiger partial charge in [-0.05, 0) is 28.7 Å². The smallest absolute Gasteiger partial charge is 0.407 e. The van der Waals surface area contributed by atoms with E-state index < -0.39 is 24.0 Å². The van der Waals surface area contributed by atoms with Crippen LogP contribution in [0.1, 0.15) is 29.9 Å². The van der Waals surface area contributed by atoms with E-state index in [4.69, 9.17) is 14.6 Å². The van der Waals surface area contributed by atoms with E-state index in [1.54, 1.807) is 17.1 Å². The maximum atomic E-state index is 13.0. The highest BCUT2D eigenvalue weighted by Gasteiger charge is 2.35. The zero-order valence-corrected chi connectivity index (χ0v) is 19.3. The topological polar surface area (TPSA) is 105 Å². The van der Waals surface area contributed by atoms with Crippen molar-refractivity contribution in [2.24, 2.45) is 5.92 Å². The van der Waals surface area contributed by atoms with E-state index in [9.17, 15) is 14.4 Å². The predicted octanol–water partition coefficient (Wildman–Crippen LogP) is 3.17. The molecular weight excluding hydrogens is 448 g/mol. The van der Waals surface area contributed by atoms with Crippen LogP contribution in [0.3, 0.4) is 0 Å². The number of fused-ring (bicyclic) bond motifs is 3. The van der Waals surface area contributed by atoms with Gasteiger partial charge in [0.2, 0.25) is 5.91 Å². The highest BCUT2D eigenvalue weighted by Crippen LogP contribution is 2.44. The minimum atomic E-state index is -0.963. The van der Waals surface area contributed by atoms with E-state index in [2.05, 4.69) is 29.6 Å². The Hall–Kier alpha value is -3.65. The van der Waals surface area contributed by atoms with Gasteiger partial charge in [0.05, 0.1) is 37.6 Å². The van der Waals surface area contributed by atoms with Gasteiger partial charge in [-0.1, -0.05) is 60.7 Å². The number of alkyl carbamates (subject to hydrolysis) is 1. The van der Waals surface area contributed by atoms with Crippen molar-refractivity contribution in [3.63, 3.8) is 0 Å². The van der Waals surface area contributed by atoms with Crippen molar-refractivity contribution in [3.05, 3.63) is 71.8 Å². The van der Waals surface area contributed by atoms with Crippen LogP contribution in [-0.2, 0) is 19.1 Å². The summed E-state index contributed by atoms with van der Waals surface area (Å²) in [7, 11) is 0. The van der Waals surface area contributed by atoms with Crippen molar-refractivity contribution in [2.45, 2.75) is 30.8 Å². The number of hydrogen-bond donors (Lipinski definition) is 2. The fourth-order valence-corrected chi connectivity index (χ4v) is 5.31. The summed E-state index contributed by atoms with van der Waals surface area (Å²) in [6.07, 6.45) is 3.33. The SMILES string of the molecule is O=C(O)CC1COCCN1C(=O)C1C=CC(NC(=O)OCC2c3ccccc3-c3ccccc32)C1. The Labute approximate surface area is 203 Å². The summed E-state index contributed by atoms with van der Waals surface area (Å²) in [6.45, 7) is 1.20. The normalized spacial score (nSPS) is 23.0. The van der Waals surface area contributed by atoms with E-state index in [1.165, 1.54) is 11.1 Å². The summed E-state index contributed by atoms with van der Waals surface area (Å²) in [6, 6.07) is 15.5. The summed E-state index contributed by atoms with van der Waals surface area (Å²) in [5.74, 6) is -1.53. The van der Waals surface area contributed by atoms with Crippen LogP contribution in [0.25, 0.3) is 11.1 Å². The number of carbonyl (C=O) groups excluding carboxylic acids is 2. The Morgan fingerprint density at radius 3 is 2.40 bits per heavy atom. The minimum absolute atomic E-state index is 0.0194. The van der Waals surface area contributed by atoms with Gasteiger partial charge >= 0.3 is 12.1 Å². The van der Waals surface area contributed by atoms with E-state index in [-0.39, 0.29) is 37.5 Å². The summed E-state index contributed by atoms with van der Waals surface area (Å²) in [5.41, 5.74) is 4.63. The maximum absolute atomic E-state index is 13.0. The van der Waals surface area contributed by atoms with Gasteiger partial charge in [0.15, 0.2) is 0 Å². The molecule has 0 saturated carbocycles. The van der Waals surface area contributed by atoms with E-state index in [1.807, 2.05) is 24.3 Å². The van der Waals surface area contributed by atoms with Crippen molar-refractivity contribution in [1.82, 2.24) is 10.2 Å². The number of nitrogens with one attached hydrogen (secondary N) is 1. The van der Waals surface area contributed by atoms with Gasteiger partial charge in [-0.15, -0.1) is 0 Å². The molecule has 2 aromatic carbocycles. The zero-order chi connectivity index (χ0) is 24.4. The standard InChI is InChI=1S/C27H28N2O6/c30-25(31)14-19-15-34-12-11-29(19)26(32)17-9-10-18(13-17)28-27(33)35-16-24-22-7-3-1-5-20(22)21-6-2-4-8-23(21)24/h1-10,17-19,24H,11-16H2,(H,28,33)(H,30,31). The quantitative estimate of drug-likeness (QED) is 0.621. The van der Waals surface area contributed by atoms with Crippen molar-refractivity contribution in [3.8, 4) is 11.1 Å². The number of hydrogen-bond acceptors (Lipinski definition) is 5. The fourth-order valence-electron chi connectivity index (χ4n) is 5.31. The van der Waals surface area contributed by atoms with E-state index in [0.717, 1.165) is 11.1 Å². The second-order valence-electron chi connectivity index (χ2n) is 9.16. The van der Waals surface area contributed by atoms with Gasteiger partial charge in [0.1, 0.15) is 6.61 Å². The number of morpholine rings is 1. The Morgan fingerprint density at radius 2 is 1.71 bits per heavy atom. The average Bonchev–Trinajstić information content (AvgIpc) is 3.45. The molecular formula is C27H28N2O6. The molecule has 2 aliphatic carbocycles. The largest absolute Gasteiger partial charge is 0.481 e. The van der Waals surface area contributed by atoms with Crippen molar-refractivity contribution < 1.29 is 29.0 Å². The summed E-state index contributed by atoms with van der Waals surface area (Å²) >= 11 is 0. The third-order valence-electron chi connectivity index (χ3n) is 6.97. The first kappa shape index (κ1) is 23.1. The van der Waals surface area contributed by atoms with Crippen molar-refractivity contribution in [2.75, 3.05) is 26.4 Å². The lowest BCUT2D eigenvalue weighted by atomic mass is 9.98. The predicted molar refractivity (Wildman–Crippen MR) is 128 cm³/mol. The molecule has 2 N–H and O–H groups in total. The highest BCUT2D eigenvalue weighted by atomic mass is 16.5. The molecule has 1 heterocycles. The number of nitrogens with zero attached hydrogens (tertiary/aromatic N) is 1. The van der Waals surface area contributed by atoms with Crippen molar-refractivity contribution in [1.29, 1.82) is 0 Å². The van der Waals surface area contributed by atoms with Crippen LogP contribution in [0.2, 0.25) is 0 Å². The number of ether oxygens (including phenoxy) is 2. The second kappa shape index (κ2) is 9.92. The molecule has 3 unspecified atom stereocenters. The van der Waals surface area contributed by atoms with Crippen molar-refractivity contribution >= 4 is 18.0 Å². The first-order valence-electron chi connectivity index (χ1n) is 11.9. The third kappa shape index (κ3) is 4.79. The lowest BCUT2D eigenvalue weighted by molar-refractivity contribution is -0.148. The Kier molecular flexibility index (Phi) is 6.55. The minimum Gasteiger partial charge on any atom is -0.481 e. The molecule has 2 aromatic rings. The molecule has 35 heavy (non-hydrogen) atoms. The first-order chi connectivity index (χ1) is 17.0. The molecule has 3 aliphatic rings.